The molecule has 0 radical (unpaired) electrons. The van der Waals surface area contributed by atoms with Crippen LogP contribution in [0, 0.1) is 5.92 Å². The van der Waals surface area contributed by atoms with Crippen molar-refractivity contribution < 1.29 is 4.79 Å². The summed E-state index contributed by atoms with van der Waals surface area (Å²) in [5.41, 5.74) is 1.97. The van der Waals surface area contributed by atoms with Crippen molar-refractivity contribution in [2.75, 3.05) is 20.1 Å². The van der Waals surface area contributed by atoms with Gasteiger partial charge in [0.15, 0.2) is 5.78 Å². The summed E-state index contributed by atoms with van der Waals surface area (Å²) < 4.78 is 0. The predicted octanol–water partition coefficient (Wildman–Crippen LogP) is 2.66. The van der Waals surface area contributed by atoms with Crippen molar-refractivity contribution in [2.45, 2.75) is 11.8 Å². The fourth-order valence-corrected chi connectivity index (χ4v) is 3.55. The molecule has 0 bridgehead atoms. The Morgan fingerprint density at radius 2 is 2.16 bits per heavy atom. The van der Waals surface area contributed by atoms with Crippen LogP contribution >= 0.6 is 0 Å². The largest absolute Gasteiger partial charge is 0.306 e. The van der Waals surface area contributed by atoms with Gasteiger partial charge in [-0.1, -0.05) is 36.4 Å². The van der Waals surface area contributed by atoms with Crippen LogP contribution in [0.2, 0.25) is 0 Å². The standard InChI is InChI=1S/C17H19NO/c1-3-14-12-18(2)11-10-17(14)15-7-5-4-6-13(15)8-9-16(17)19/h3-9,14H,1,10-12H2,2H3. The lowest BCUT2D eigenvalue weighted by Gasteiger charge is -2.46. The van der Waals surface area contributed by atoms with Crippen molar-refractivity contribution in [3.63, 3.8) is 0 Å². The number of hydrogen-bond acceptors (Lipinski definition) is 2. The van der Waals surface area contributed by atoms with Gasteiger partial charge < -0.3 is 4.90 Å². The molecule has 2 unspecified atom stereocenters. The van der Waals surface area contributed by atoms with Gasteiger partial charge in [-0.05, 0) is 37.2 Å². The van der Waals surface area contributed by atoms with Gasteiger partial charge in [0, 0.05) is 12.5 Å². The minimum Gasteiger partial charge on any atom is -0.306 e. The predicted molar refractivity (Wildman–Crippen MR) is 78.0 cm³/mol. The number of rotatable bonds is 1. The van der Waals surface area contributed by atoms with E-state index in [0.717, 1.165) is 19.5 Å². The summed E-state index contributed by atoms with van der Waals surface area (Å²) >= 11 is 0. The van der Waals surface area contributed by atoms with Gasteiger partial charge in [-0.25, -0.2) is 0 Å². The Morgan fingerprint density at radius 1 is 1.37 bits per heavy atom. The van der Waals surface area contributed by atoms with Crippen LogP contribution in [0.4, 0.5) is 0 Å². The molecule has 1 heterocycles. The van der Waals surface area contributed by atoms with E-state index in [9.17, 15) is 4.79 Å². The molecule has 1 saturated heterocycles. The molecule has 1 aromatic rings. The van der Waals surface area contributed by atoms with Crippen molar-refractivity contribution in [1.29, 1.82) is 0 Å². The second-order valence-corrected chi connectivity index (χ2v) is 5.61. The number of allylic oxidation sites excluding steroid dienone is 1. The number of hydrogen-bond donors (Lipinski definition) is 0. The molecule has 1 aliphatic carbocycles. The van der Waals surface area contributed by atoms with E-state index in [2.05, 4.69) is 30.7 Å². The number of piperidine rings is 1. The summed E-state index contributed by atoms with van der Waals surface area (Å²) in [6.07, 6.45) is 6.54. The lowest BCUT2D eigenvalue weighted by Crippen LogP contribution is -2.53. The van der Waals surface area contributed by atoms with Crippen LogP contribution in [0.1, 0.15) is 17.5 Å². The van der Waals surface area contributed by atoms with Gasteiger partial charge >= 0.3 is 0 Å². The first-order chi connectivity index (χ1) is 9.18. The second-order valence-electron chi connectivity index (χ2n) is 5.61. The van der Waals surface area contributed by atoms with Crippen LogP contribution in [0.3, 0.4) is 0 Å². The van der Waals surface area contributed by atoms with Crippen molar-refractivity contribution in [3.8, 4) is 0 Å². The molecule has 2 atom stereocenters. The summed E-state index contributed by atoms with van der Waals surface area (Å²) in [6.45, 7) is 5.83. The van der Waals surface area contributed by atoms with E-state index >= 15 is 0 Å². The molecular weight excluding hydrogens is 234 g/mol. The van der Waals surface area contributed by atoms with Crippen LogP contribution < -0.4 is 0 Å². The van der Waals surface area contributed by atoms with Gasteiger partial charge in [0.25, 0.3) is 0 Å². The summed E-state index contributed by atoms with van der Waals surface area (Å²) in [5, 5.41) is 0. The molecule has 1 aliphatic heterocycles. The highest BCUT2D eigenvalue weighted by Crippen LogP contribution is 2.45. The third kappa shape index (κ3) is 1.71. The van der Waals surface area contributed by atoms with Crippen LogP contribution in [0.25, 0.3) is 6.08 Å². The van der Waals surface area contributed by atoms with E-state index in [-0.39, 0.29) is 17.1 Å². The van der Waals surface area contributed by atoms with E-state index < -0.39 is 0 Å². The first-order valence-corrected chi connectivity index (χ1v) is 6.81. The van der Waals surface area contributed by atoms with E-state index in [0.29, 0.717) is 0 Å². The Hall–Kier alpha value is -1.67. The Morgan fingerprint density at radius 3 is 2.95 bits per heavy atom. The number of ketones is 1. The molecule has 3 rings (SSSR count). The number of benzene rings is 1. The summed E-state index contributed by atoms with van der Waals surface area (Å²) in [5.74, 6) is 0.425. The van der Waals surface area contributed by atoms with E-state index in [1.807, 2.05) is 24.3 Å². The average Bonchev–Trinajstić information content (AvgIpc) is 2.45. The maximum atomic E-state index is 12.7. The van der Waals surface area contributed by atoms with Crippen molar-refractivity contribution in [1.82, 2.24) is 4.90 Å². The van der Waals surface area contributed by atoms with Crippen molar-refractivity contribution >= 4 is 11.9 Å². The molecule has 2 heteroatoms. The number of carbonyl (C=O) groups is 1. The number of carbonyl (C=O) groups excluding carboxylic acids is 1. The van der Waals surface area contributed by atoms with Crippen LogP contribution in [-0.4, -0.2) is 30.8 Å². The molecular formula is C17H19NO. The van der Waals surface area contributed by atoms with Gasteiger partial charge in [-0.2, -0.15) is 0 Å². The minimum absolute atomic E-state index is 0.185. The third-order valence-electron chi connectivity index (χ3n) is 4.61. The normalized spacial score (nSPS) is 30.4. The molecule has 1 fully saturated rings. The fraction of sp³-hybridized carbons (Fsp3) is 0.353. The zero-order valence-corrected chi connectivity index (χ0v) is 11.3. The van der Waals surface area contributed by atoms with Gasteiger partial charge in [0.05, 0.1) is 5.41 Å². The zero-order chi connectivity index (χ0) is 13.5. The molecule has 2 nitrogen and oxygen atoms in total. The SMILES string of the molecule is C=CC1CN(C)CCC12C(=O)C=Cc1ccccc12. The van der Waals surface area contributed by atoms with Gasteiger partial charge in [0.1, 0.15) is 0 Å². The maximum absolute atomic E-state index is 12.7. The van der Waals surface area contributed by atoms with Crippen molar-refractivity contribution in [2.24, 2.45) is 5.92 Å². The zero-order valence-electron chi connectivity index (χ0n) is 11.3. The molecule has 2 aliphatic rings. The summed E-state index contributed by atoms with van der Waals surface area (Å²) in [4.78, 5) is 14.9. The average molecular weight is 253 g/mol. The highest BCUT2D eigenvalue weighted by Gasteiger charge is 2.48. The molecule has 1 spiro atoms. The molecule has 0 aromatic heterocycles. The maximum Gasteiger partial charge on any atom is 0.166 e. The Bertz CT molecular complexity index is 560. The van der Waals surface area contributed by atoms with Crippen LogP contribution in [-0.2, 0) is 10.2 Å². The smallest absolute Gasteiger partial charge is 0.166 e. The molecule has 19 heavy (non-hydrogen) atoms. The fourth-order valence-electron chi connectivity index (χ4n) is 3.55. The molecule has 98 valence electrons. The number of nitrogens with zero attached hydrogens (tertiary/aromatic N) is 1. The third-order valence-corrected chi connectivity index (χ3v) is 4.61. The first-order valence-electron chi connectivity index (χ1n) is 6.81. The van der Waals surface area contributed by atoms with Crippen LogP contribution in [0.15, 0.2) is 43.0 Å². The lowest BCUT2D eigenvalue weighted by atomic mass is 9.60. The quantitative estimate of drug-likeness (QED) is 0.717. The first kappa shape index (κ1) is 12.4. The molecule has 1 aromatic carbocycles. The molecule has 0 N–H and O–H groups in total. The monoisotopic (exact) mass is 253 g/mol. The van der Waals surface area contributed by atoms with Gasteiger partial charge in [-0.15, -0.1) is 6.58 Å². The van der Waals surface area contributed by atoms with Gasteiger partial charge in [0.2, 0.25) is 0 Å². The van der Waals surface area contributed by atoms with E-state index in [1.165, 1.54) is 11.1 Å². The highest BCUT2D eigenvalue weighted by atomic mass is 16.1. The topological polar surface area (TPSA) is 20.3 Å². The number of fused-ring (bicyclic) bond motifs is 2. The van der Waals surface area contributed by atoms with Crippen LogP contribution in [0.5, 0.6) is 0 Å². The molecule has 0 amide bonds. The van der Waals surface area contributed by atoms with Crippen molar-refractivity contribution in [3.05, 3.63) is 54.1 Å². The summed E-state index contributed by atoms with van der Waals surface area (Å²) in [6, 6.07) is 8.27. The van der Waals surface area contributed by atoms with E-state index in [4.69, 9.17) is 0 Å². The Labute approximate surface area is 114 Å². The van der Waals surface area contributed by atoms with E-state index in [1.54, 1.807) is 6.08 Å². The van der Waals surface area contributed by atoms with Gasteiger partial charge in [-0.3, -0.25) is 4.79 Å². The molecule has 0 saturated carbocycles. The number of likely N-dealkylation sites (tertiary alicyclic amines) is 1. The Balaban J connectivity index is 2.18. The minimum atomic E-state index is -0.389. The Kier molecular flexibility index (Phi) is 2.90. The second kappa shape index (κ2) is 4.46. The summed E-state index contributed by atoms with van der Waals surface area (Å²) in [7, 11) is 2.11. The lowest BCUT2D eigenvalue weighted by molar-refractivity contribution is -0.123. The highest BCUT2D eigenvalue weighted by molar-refractivity contribution is 6.05.